The molecule has 1 unspecified atom stereocenters. The molecule has 0 saturated heterocycles. The molecule has 1 aliphatic rings. The van der Waals surface area contributed by atoms with Gasteiger partial charge in [-0.3, -0.25) is 10.1 Å². The van der Waals surface area contributed by atoms with E-state index in [2.05, 4.69) is 5.32 Å². The lowest BCUT2D eigenvalue weighted by Crippen LogP contribution is -2.43. The SMILES string of the molecule is CNC1(OC)C=CC(C(=O)c2ccccc2)=CC1. The van der Waals surface area contributed by atoms with Crippen LogP contribution in [-0.4, -0.2) is 25.7 Å². The lowest BCUT2D eigenvalue weighted by atomic mass is 9.94. The summed E-state index contributed by atoms with van der Waals surface area (Å²) in [4.78, 5) is 12.2. The van der Waals surface area contributed by atoms with Gasteiger partial charge in [-0.25, -0.2) is 0 Å². The summed E-state index contributed by atoms with van der Waals surface area (Å²) in [6.07, 6.45) is 6.27. The van der Waals surface area contributed by atoms with Crippen molar-refractivity contribution in [2.24, 2.45) is 0 Å². The van der Waals surface area contributed by atoms with Crippen LogP contribution in [0.4, 0.5) is 0 Å². The third-order valence-electron chi connectivity index (χ3n) is 3.24. The van der Waals surface area contributed by atoms with Gasteiger partial charge in [0.1, 0.15) is 5.72 Å². The lowest BCUT2D eigenvalue weighted by Gasteiger charge is -2.30. The molecule has 0 bridgehead atoms. The molecule has 0 saturated carbocycles. The fourth-order valence-electron chi connectivity index (χ4n) is 1.99. The quantitative estimate of drug-likeness (QED) is 0.651. The first-order valence-electron chi connectivity index (χ1n) is 5.94. The van der Waals surface area contributed by atoms with Gasteiger partial charge in [0.25, 0.3) is 0 Å². The van der Waals surface area contributed by atoms with E-state index in [1.165, 1.54) is 0 Å². The number of methoxy groups -OCH3 is 1. The smallest absolute Gasteiger partial charge is 0.192 e. The van der Waals surface area contributed by atoms with Crippen LogP contribution in [0.3, 0.4) is 0 Å². The summed E-state index contributed by atoms with van der Waals surface area (Å²) in [5.74, 6) is 0.0488. The van der Waals surface area contributed by atoms with Crippen molar-refractivity contribution in [2.75, 3.05) is 14.2 Å². The summed E-state index contributed by atoms with van der Waals surface area (Å²) in [6, 6.07) is 9.29. The molecular formula is C15H17NO2. The second-order valence-corrected chi connectivity index (χ2v) is 4.24. The highest BCUT2D eigenvalue weighted by Gasteiger charge is 2.27. The number of benzene rings is 1. The van der Waals surface area contributed by atoms with Crippen molar-refractivity contribution in [3.8, 4) is 0 Å². The van der Waals surface area contributed by atoms with Gasteiger partial charge >= 0.3 is 0 Å². The lowest BCUT2D eigenvalue weighted by molar-refractivity contribution is 0.0106. The van der Waals surface area contributed by atoms with E-state index in [9.17, 15) is 4.79 Å². The minimum Gasteiger partial charge on any atom is -0.360 e. The Morgan fingerprint density at radius 3 is 2.56 bits per heavy atom. The second-order valence-electron chi connectivity index (χ2n) is 4.24. The average Bonchev–Trinajstić information content (AvgIpc) is 2.47. The van der Waals surface area contributed by atoms with E-state index >= 15 is 0 Å². The number of ether oxygens (including phenoxy) is 1. The number of hydrogen-bond donors (Lipinski definition) is 1. The first-order chi connectivity index (χ1) is 8.71. The number of nitrogens with one attached hydrogen (secondary N) is 1. The molecule has 0 amide bonds. The van der Waals surface area contributed by atoms with Crippen LogP contribution < -0.4 is 5.32 Å². The highest BCUT2D eigenvalue weighted by Crippen LogP contribution is 2.23. The van der Waals surface area contributed by atoms with Crippen LogP contribution in [0.5, 0.6) is 0 Å². The molecule has 1 atom stereocenters. The minimum atomic E-state index is -0.486. The predicted octanol–water partition coefficient (Wildman–Crippen LogP) is 2.32. The zero-order valence-corrected chi connectivity index (χ0v) is 10.6. The Kier molecular flexibility index (Phi) is 3.75. The third-order valence-corrected chi connectivity index (χ3v) is 3.24. The summed E-state index contributed by atoms with van der Waals surface area (Å²) in [5.41, 5.74) is 0.937. The van der Waals surface area contributed by atoms with Crippen LogP contribution in [0, 0.1) is 0 Å². The fourth-order valence-corrected chi connectivity index (χ4v) is 1.99. The molecule has 18 heavy (non-hydrogen) atoms. The van der Waals surface area contributed by atoms with Crippen LogP contribution in [-0.2, 0) is 4.74 Å². The normalized spacial score (nSPS) is 22.7. The predicted molar refractivity (Wildman–Crippen MR) is 71.4 cm³/mol. The number of carbonyl (C=O) groups excluding carboxylic acids is 1. The summed E-state index contributed by atoms with van der Waals surface area (Å²) < 4.78 is 5.41. The molecule has 1 aromatic rings. The van der Waals surface area contributed by atoms with E-state index in [1.54, 1.807) is 7.11 Å². The van der Waals surface area contributed by atoms with Crippen molar-refractivity contribution in [1.82, 2.24) is 5.32 Å². The summed E-state index contributed by atoms with van der Waals surface area (Å²) in [6.45, 7) is 0. The van der Waals surface area contributed by atoms with Crippen molar-refractivity contribution >= 4 is 5.78 Å². The van der Waals surface area contributed by atoms with E-state index in [0.717, 1.165) is 0 Å². The Morgan fingerprint density at radius 1 is 1.33 bits per heavy atom. The molecule has 0 spiro atoms. The Morgan fingerprint density at radius 2 is 2.06 bits per heavy atom. The van der Waals surface area contributed by atoms with Gasteiger partial charge in [-0.2, -0.15) is 0 Å². The van der Waals surface area contributed by atoms with Crippen molar-refractivity contribution < 1.29 is 9.53 Å². The van der Waals surface area contributed by atoms with Crippen molar-refractivity contribution in [3.05, 3.63) is 59.7 Å². The van der Waals surface area contributed by atoms with Gasteiger partial charge in [0.05, 0.1) is 0 Å². The molecule has 1 aromatic carbocycles. The molecule has 0 aromatic heterocycles. The fraction of sp³-hybridized carbons (Fsp3) is 0.267. The molecule has 0 fully saturated rings. The van der Waals surface area contributed by atoms with E-state index in [-0.39, 0.29) is 5.78 Å². The average molecular weight is 243 g/mol. The second kappa shape index (κ2) is 5.29. The molecule has 94 valence electrons. The van der Waals surface area contributed by atoms with Gasteiger partial charge in [0.2, 0.25) is 0 Å². The highest BCUT2D eigenvalue weighted by molar-refractivity contribution is 6.10. The van der Waals surface area contributed by atoms with Crippen molar-refractivity contribution in [3.63, 3.8) is 0 Å². The number of ketones is 1. The van der Waals surface area contributed by atoms with Crippen LogP contribution >= 0.6 is 0 Å². The molecule has 3 heteroatoms. The minimum absolute atomic E-state index is 0.0488. The maximum atomic E-state index is 12.2. The molecule has 1 N–H and O–H groups in total. The third kappa shape index (κ3) is 2.42. The molecule has 0 heterocycles. The molecular weight excluding hydrogens is 226 g/mol. The highest BCUT2D eigenvalue weighted by atomic mass is 16.5. The molecule has 2 rings (SSSR count). The topological polar surface area (TPSA) is 38.3 Å². The van der Waals surface area contributed by atoms with Gasteiger partial charge in [0, 0.05) is 24.7 Å². The molecule has 0 aliphatic heterocycles. The zero-order chi connectivity index (χ0) is 13.0. The Labute approximate surface area is 107 Å². The molecule has 3 nitrogen and oxygen atoms in total. The number of rotatable bonds is 4. The van der Waals surface area contributed by atoms with Crippen LogP contribution in [0.15, 0.2) is 54.1 Å². The van der Waals surface area contributed by atoms with Crippen molar-refractivity contribution in [2.45, 2.75) is 12.1 Å². The van der Waals surface area contributed by atoms with Crippen LogP contribution in [0.1, 0.15) is 16.8 Å². The van der Waals surface area contributed by atoms with Gasteiger partial charge < -0.3 is 4.74 Å². The molecule has 1 aliphatic carbocycles. The van der Waals surface area contributed by atoms with Crippen LogP contribution in [0.2, 0.25) is 0 Å². The largest absolute Gasteiger partial charge is 0.360 e. The summed E-state index contributed by atoms with van der Waals surface area (Å²) >= 11 is 0. The summed E-state index contributed by atoms with van der Waals surface area (Å²) in [5, 5.41) is 3.10. The first-order valence-corrected chi connectivity index (χ1v) is 5.94. The Hall–Kier alpha value is -1.71. The Balaban J connectivity index is 2.17. The standard InChI is InChI=1S/C15H17NO2/c1-16-15(18-2)10-8-13(9-11-15)14(17)12-6-4-3-5-7-12/h3-10,16H,11H2,1-2H3. The monoisotopic (exact) mass is 243 g/mol. The van der Waals surface area contributed by atoms with Crippen molar-refractivity contribution in [1.29, 1.82) is 0 Å². The van der Waals surface area contributed by atoms with E-state index < -0.39 is 5.72 Å². The number of carbonyl (C=O) groups is 1. The number of hydrogen-bond acceptors (Lipinski definition) is 3. The van der Waals surface area contributed by atoms with Gasteiger partial charge in [0.15, 0.2) is 5.78 Å². The van der Waals surface area contributed by atoms with Gasteiger partial charge in [-0.15, -0.1) is 0 Å². The van der Waals surface area contributed by atoms with E-state index in [0.29, 0.717) is 17.6 Å². The van der Waals surface area contributed by atoms with E-state index in [1.807, 2.05) is 55.6 Å². The summed E-state index contributed by atoms with van der Waals surface area (Å²) in [7, 11) is 3.49. The first kappa shape index (κ1) is 12.7. The molecule has 0 radical (unpaired) electrons. The van der Waals surface area contributed by atoms with Crippen LogP contribution in [0.25, 0.3) is 0 Å². The number of allylic oxidation sites excluding steroid dienone is 2. The number of likely N-dealkylation sites (N-methyl/N-ethyl adjacent to an activating group) is 1. The maximum Gasteiger partial charge on any atom is 0.192 e. The zero-order valence-electron chi connectivity index (χ0n) is 10.6. The maximum absolute atomic E-state index is 12.2. The van der Waals surface area contributed by atoms with Gasteiger partial charge in [-0.05, 0) is 13.1 Å². The Bertz CT molecular complexity index is 484. The number of Topliss-reactive ketones (excluding diaryl/α,β-unsaturated/α-hetero) is 1. The van der Waals surface area contributed by atoms with Gasteiger partial charge in [-0.1, -0.05) is 42.5 Å². The van der Waals surface area contributed by atoms with E-state index in [4.69, 9.17) is 4.74 Å².